The van der Waals surface area contributed by atoms with Crippen molar-refractivity contribution in [3.05, 3.63) is 118 Å². The number of carbonyl (C=O) groups is 2. The number of para-hydroxylation sites is 1. The van der Waals surface area contributed by atoms with Gasteiger partial charge >= 0.3 is 0 Å². The fourth-order valence-corrected chi connectivity index (χ4v) is 7.34. The topological polar surface area (TPSA) is 117 Å². The summed E-state index contributed by atoms with van der Waals surface area (Å²) in [7, 11) is -4.10. The second kappa shape index (κ2) is 13.9. The highest BCUT2D eigenvalue weighted by Crippen LogP contribution is 2.34. The number of nitrogens with one attached hydrogen (secondary N) is 3. The Balaban J connectivity index is 1.33. The van der Waals surface area contributed by atoms with Gasteiger partial charge in [-0.2, -0.15) is 0 Å². The van der Waals surface area contributed by atoms with Crippen molar-refractivity contribution in [2.24, 2.45) is 0 Å². The summed E-state index contributed by atoms with van der Waals surface area (Å²) in [6, 6.07) is 23.7. The van der Waals surface area contributed by atoms with Gasteiger partial charge in [-0.25, -0.2) is 8.42 Å². The molecule has 0 saturated carbocycles. The number of hydrogen-bond donors (Lipinski definition) is 3. The molecule has 8 nitrogen and oxygen atoms in total. The first kappa shape index (κ1) is 32.9. The number of ether oxygens (including phenoxy) is 1. The Morgan fingerprint density at radius 2 is 1.61 bits per heavy atom. The third-order valence-corrected chi connectivity index (χ3v) is 9.53. The van der Waals surface area contributed by atoms with Crippen LogP contribution in [0.25, 0.3) is 10.9 Å². The number of amides is 2. The molecule has 0 bridgehead atoms. The van der Waals surface area contributed by atoms with Crippen LogP contribution < -0.4 is 15.4 Å². The second-order valence-electron chi connectivity index (χ2n) is 10.9. The highest BCUT2D eigenvalue weighted by molar-refractivity contribution is 7.91. The third-order valence-electron chi connectivity index (χ3n) is 7.19. The van der Waals surface area contributed by atoms with Crippen LogP contribution in [0.2, 0.25) is 5.02 Å². The summed E-state index contributed by atoms with van der Waals surface area (Å²) in [4.78, 5) is 29.5. The van der Waals surface area contributed by atoms with Crippen molar-refractivity contribution in [1.29, 1.82) is 0 Å². The predicted octanol–water partition coefficient (Wildman–Crippen LogP) is 7.96. The van der Waals surface area contributed by atoms with Gasteiger partial charge in [0.25, 0.3) is 11.8 Å². The molecule has 0 fully saturated rings. The summed E-state index contributed by atoms with van der Waals surface area (Å²) < 4.78 is 33.7. The minimum absolute atomic E-state index is 0.0837. The maximum Gasteiger partial charge on any atom is 0.269 e. The predicted molar refractivity (Wildman–Crippen MR) is 185 cm³/mol. The lowest BCUT2D eigenvalue weighted by atomic mass is 10.1. The quantitative estimate of drug-likeness (QED) is 0.130. The van der Waals surface area contributed by atoms with Crippen LogP contribution in [-0.4, -0.2) is 30.3 Å². The minimum Gasteiger partial charge on any atom is -0.449 e. The number of carbonyl (C=O) groups excluding carboxylic acids is 2. The first-order valence-electron chi connectivity index (χ1n) is 14.6. The molecule has 0 atom stereocenters. The molecular formula is C35H32ClN3O5S2. The van der Waals surface area contributed by atoms with Crippen molar-refractivity contribution < 1.29 is 22.7 Å². The third kappa shape index (κ3) is 7.31. The van der Waals surface area contributed by atoms with Gasteiger partial charge in [-0.3, -0.25) is 9.59 Å². The summed E-state index contributed by atoms with van der Waals surface area (Å²) in [5.41, 5.74) is 3.59. The van der Waals surface area contributed by atoms with Gasteiger partial charge in [0.2, 0.25) is 9.84 Å². The number of hydrogen-bond acceptors (Lipinski definition) is 6. The number of benzene rings is 4. The Hall–Kier alpha value is -4.51. The minimum atomic E-state index is -4.10. The molecule has 0 aliphatic carbocycles. The van der Waals surface area contributed by atoms with Gasteiger partial charge < -0.3 is 20.4 Å². The number of rotatable bonds is 10. The van der Waals surface area contributed by atoms with Gasteiger partial charge in [0.15, 0.2) is 5.05 Å². The van der Waals surface area contributed by atoms with Crippen LogP contribution in [0.3, 0.4) is 0 Å². The number of thiocarbonyl (C=S) groups is 1. The van der Waals surface area contributed by atoms with Crippen molar-refractivity contribution in [2.45, 2.75) is 49.9 Å². The molecular weight excluding hydrogens is 642 g/mol. The van der Waals surface area contributed by atoms with E-state index < -0.39 is 15.7 Å². The van der Waals surface area contributed by atoms with Gasteiger partial charge in [0, 0.05) is 34.6 Å². The van der Waals surface area contributed by atoms with Crippen LogP contribution in [0, 0.1) is 13.8 Å². The zero-order valence-electron chi connectivity index (χ0n) is 25.4. The summed E-state index contributed by atoms with van der Waals surface area (Å²) in [5, 5.41) is 6.77. The van der Waals surface area contributed by atoms with E-state index in [2.05, 4.69) is 15.6 Å². The average molecular weight is 674 g/mol. The molecule has 4 aromatic carbocycles. The molecule has 3 N–H and O–H groups in total. The van der Waals surface area contributed by atoms with Crippen LogP contribution >= 0.6 is 23.8 Å². The highest BCUT2D eigenvalue weighted by Gasteiger charge is 2.30. The van der Waals surface area contributed by atoms with Crippen molar-refractivity contribution in [3.63, 3.8) is 0 Å². The van der Waals surface area contributed by atoms with E-state index in [0.29, 0.717) is 44.4 Å². The van der Waals surface area contributed by atoms with Gasteiger partial charge in [-0.05, 0) is 104 Å². The summed E-state index contributed by atoms with van der Waals surface area (Å²) in [5.74, 6) is -0.561. The number of H-pyrrole nitrogens is 1. The highest BCUT2D eigenvalue weighted by atomic mass is 35.5. The van der Waals surface area contributed by atoms with E-state index in [0.717, 1.165) is 23.1 Å². The molecule has 236 valence electrons. The van der Waals surface area contributed by atoms with E-state index in [9.17, 15) is 18.0 Å². The zero-order chi connectivity index (χ0) is 33.0. The molecule has 5 aromatic rings. The molecule has 11 heteroatoms. The van der Waals surface area contributed by atoms with Crippen molar-refractivity contribution in [2.75, 3.05) is 5.32 Å². The Morgan fingerprint density at radius 3 is 2.30 bits per heavy atom. The fraction of sp³-hybridized carbons (Fsp3) is 0.171. The van der Waals surface area contributed by atoms with E-state index in [4.69, 9.17) is 28.6 Å². The molecule has 1 heterocycles. The Labute approximate surface area is 278 Å². The number of aryl methyl sites for hydroxylation is 2. The summed E-state index contributed by atoms with van der Waals surface area (Å²) in [6.07, 6.45) is 1.45. The lowest BCUT2D eigenvalue weighted by Gasteiger charge is -2.12. The summed E-state index contributed by atoms with van der Waals surface area (Å²) in [6.45, 7) is 5.74. The van der Waals surface area contributed by atoms with Crippen LogP contribution in [0.5, 0.6) is 5.75 Å². The molecule has 0 unspecified atom stereocenters. The van der Waals surface area contributed by atoms with Crippen LogP contribution in [-0.2, 0) is 16.4 Å². The van der Waals surface area contributed by atoms with Crippen molar-refractivity contribution in [3.8, 4) is 5.75 Å². The first-order chi connectivity index (χ1) is 22.0. The molecule has 0 aliphatic rings. The van der Waals surface area contributed by atoms with Crippen LogP contribution in [0.15, 0.2) is 94.7 Å². The zero-order valence-corrected chi connectivity index (χ0v) is 27.8. The molecule has 46 heavy (non-hydrogen) atoms. The fourth-order valence-electron chi connectivity index (χ4n) is 5.08. The van der Waals surface area contributed by atoms with E-state index in [1.165, 1.54) is 6.07 Å². The Bertz CT molecular complexity index is 2050. The van der Waals surface area contributed by atoms with E-state index in [-0.39, 0.29) is 27.9 Å². The van der Waals surface area contributed by atoms with E-state index in [1.54, 1.807) is 72.8 Å². The van der Waals surface area contributed by atoms with Gasteiger partial charge in [0.05, 0.1) is 10.5 Å². The lowest BCUT2D eigenvalue weighted by molar-refractivity contribution is 0.0942. The molecule has 0 spiro atoms. The molecule has 0 saturated heterocycles. The normalized spacial score (nSPS) is 11.3. The first-order valence-corrected chi connectivity index (χ1v) is 16.9. The molecule has 2 amide bonds. The van der Waals surface area contributed by atoms with Gasteiger partial charge in [-0.15, -0.1) is 0 Å². The Kier molecular flexibility index (Phi) is 9.91. The number of sulfone groups is 1. The Morgan fingerprint density at radius 1 is 0.913 bits per heavy atom. The van der Waals surface area contributed by atoms with Crippen LogP contribution in [0.1, 0.15) is 57.3 Å². The maximum atomic E-state index is 14.0. The van der Waals surface area contributed by atoms with E-state index in [1.807, 2.05) is 26.8 Å². The average Bonchev–Trinajstić information content (AvgIpc) is 3.40. The van der Waals surface area contributed by atoms with Gasteiger partial charge in [-0.1, -0.05) is 48.9 Å². The number of fused-ring (bicyclic) bond motifs is 1. The SMILES string of the molecule is CCCC(=S)Oc1ccccc1C(=O)Nc1ccc(CNC(=O)c2[nH]c3ccc(Cl)cc3c2S(=O)(=O)c2cc(C)cc(C)c2)cc1. The smallest absolute Gasteiger partial charge is 0.269 e. The number of anilines is 1. The number of halogens is 1. The van der Waals surface area contributed by atoms with Crippen LogP contribution in [0.4, 0.5) is 5.69 Å². The number of aromatic amines is 1. The van der Waals surface area contributed by atoms with E-state index >= 15 is 0 Å². The second-order valence-corrected chi connectivity index (χ2v) is 13.7. The molecule has 5 rings (SSSR count). The molecule has 0 aliphatic heterocycles. The standard InChI is InChI=1S/C35H32ClN3O5S2/c1-4-7-31(45)44-30-9-6-5-8-27(30)34(40)38-25-13-10-23(11-14-25)20-37-35(41)32-33(28-19-24(36)12-15-29(28)39-32)46(42,43)26-17-21(2)16-22(3)18-26/h5-6,8-19,39H,4,7,20H2,1-3H3,(H,37,41)(H,38,40). The monoisotopic (exact) mass is 673 g/mol. The largest absolute Gasteiger partial charge is 0.449 e. The molecule has 0 radical (unpaired) electrons. The number of aromatic nitrogens is 1. The van der Waals surface area contributed by atoms with Gasteiger partial charge in [0.1, 0.15) is 16.3 Å². The maximum absolute atomic E-state index is 14.0. The lowest BCUT2D eigenvalue weighted by Crippen LogP contribution is -2.25. The summed E-state index contributed by atoms with van der Waals surface area (Å²) >= 11 is 11.5. The molecule has 1 aromatic heterocycles. The van der Waals surface area contributed by atoms with Crippen molar-refractivity contribution >= 4 is 67.1 Å². The van der Waals surface area contributed by atoms with Crippen molar-refractivity contribution in [1.82, 2.24) is 10.3 Å².